The summed E-state index contributed by atoms with van der Waals surface area (Å²) in [6, 6.07) is 41.1. The smallest absolute Gasteiger partial charge is 0.744 e. The van der Waals surface area contributed by atoms with E-state index in [-0.39, 0.29) is 384 Å². The summed E-state index contributed by atoms with van der Waals surface area (Å²) in [5, 5.41) is 99.9. The molecule has 0 saturated heterocycles. The van der Waals surface area contributed by atoms with Crippen molar-refractivity contribution in [1.82, 2.24) is 59.8 Å². The molecule has 0 atom stereocenters. The van der Waals surface area contributed by atoms with Crippen LogP contribution in [0, 0.1) is 0 Å². The van der Waals surface area contributed by atoms with Crippen molar-refractivity contribution >= 4 is 202 Å². The predicted octanol–water partition coefficient (Wildman–Crippen LogP) is -15.0. The molecule has 8 aromatic carbocycles. The van der Waals surface area contributed by atoms with Gasteiger partial charge >= 0.3 is 177 Å². The Morgan fingerprint density at radius 2 is 0.380 bits per heavy atom. The van der Waals surface area contributed by atoms with E-state index in [1.54, 1.807) is 48.5 Å². The largest absolute Gasteiger partial charge is 1.00 e. The first-order valence-corrected chi connectivity index (χ1v) is 48.2. The third kappa shape index (κ3) is 37.4. The molecule has 4 aromatic heterocycles. The van der Waals surface area contributed by atoms with Gasteiger partial charge in [-0.1, -0.05) is 85.0 Å². The number of aliphatic hydroxyl groups is 8. The van der Waals surface area contributed by atoms with Crippen molar-refractivity contribution in [3.8, 4) is 0 Å². The number of aliphatic hydroxyl groups excluding tert-OH is 8. The maximum atomic E-state index is 12.6. The van der Waals surface area contributed by atoms with Crippen LogP contribution in [0.15, 0.2) is 211 Å². The van der Waals surface area contributed by atoms with Crippen LogP contribution < -0.4 is 239 Å². The van der Waals surface area contributed by atoms with Crippen LogP contribution in [0.4, 0.5) is 117 Å². The molecule has 0 amide bonds. The van der Waals surface area contributed by atoms with Gasteiger partial charge in [0.2, 0.25) is 71.4 Å². The second kappa shape index (κ2) is 57.9. The van der Waals surface area contributed by atoms with Crippen LogP contribution in [0.2, 0.25) is 0 Å². The van der Waals surface area contributed by atoms with Gasteiger partial charge < -0.3 is 130 Å². The number of para-hydroxylation sites is 2. The molecular weight excluding hydrogens is 2040 g/mol. The van der Waals surface area contributed by atoms with Gasteiger partial charge in [-0.3, -0.25) is 0 Å². The van der Waals surface area contributed by atoms with E-state index in [4.69, 9.17) is 0 Å². The zero-order valence-corrected chi connectivity index (χ0v) is 93.4. The van der Waals surface area contributed by atoms with Crippen molar-refractivity contribution < 1.29 is 296 Å². The second-order valence-electron chi connectivity index (χ2n) is 28.1. The number of aromatic nitrogens is 12. The van der Waals surface area contributed by atoms with Crippen LogP contribution in [0.5, 0.6) is 0 Å². The van der Waals surface area contributed by atoms with Crippen LogP contribution in [0.1, 0.15) is 22.3 Å². The van der Waals surface area contributed by atoms with E-state index in [2.05, 4.69) is 102 Å². The Balaban J connectivity index is 0.000000483. The monoisotopic (exact) mass is 2120 g/mol. The van der Waals surface area contributed by atoms with E-state index in [9.17, 15) is 119 Å². The number of hydrogen-bond acceptors (Lipinski definition) is 50. The molecule has 50 nitrogen and oxygen atoms in total. The molecule has 0 aliphatic carbocycles. The molecule has 16 N–H and O–H groups in total. The summed E-state index contributed by atoms with van der Waals surface area (Å²) < 4.78 is 220. The van der Waals surface area contributed by atoms with E-state index in [1.807, 2.05) is 12.1 Å². The van der Waals surface area contributed by atoms with Crippen LogP contribution >= 0.6 is 0 Å². The fourth-order valence-corrected chi connectivity index (χ4v) is 16.1. The van der Waals surface area contributed by atoms with E-state index in [0.717, 1.165) is 72.8 Å². The molecule has 0 saturated carbocycles. The van der Waals surface area contributed by atoms with Crippen molar-refractivity contribution in [3.05, 3.63) is 204 Å². The quantitative estimate of drug-likeness (QED) is 0.00957. The summed E-state index contributed by atoms with van der Waals surface area (Å²) in [6.45, 7) is -2.72. The zero-order chi connectivity index (χ0) is 98.1. The third-order valence-electron chi connectivity index (χ3n) is 18.5. The van der Waals surface area contributed by atoms with Crippen molar-refractivity contribution in [2.45, 2.75) is 29.4 Å². The van der Waals surface area contributed by atoms with E-state index in [1.165, 1.54) is 92.4 Å². The number of hydrogen-bond donors (Lipinski definition) is 16. The second-order valence-corrected chi connectivity index (χ2v) is 36.2. The predicted molar refractivity (Wildman–Crippen MR) is 488 cm³/mol. The third-order valence-corrected chi connectivity index (χ3v) is 23.8. The number of rotatable bonds is 46. The average Bonchev–Trinajstić information content (AvgIpc) is 0.797. The van der Waals surface area contributed by atoms with Crippen LogP contribution in [-0.2, 0) is 60.7 Å². The molecule has 12 rings (SSSR count). The number of nitrogens with one attached hydrogen (secondary N) is 8. The first-order chi connectivity index (χ1) is 64.7. The molecule has 0 aliphatic heterocycles. The van der Waals surface area contributed by atoms with Crippen molar-refractivity contribution in [3.63, 3.8) is 0 Å². The fourth-order valence-electron chi connectivity index (χ4n) is 12.4. The number of nitrogens with zero attached hydrogens (tertiary/aromatic N) is 16. The molecule has 4 heterocycles. The zero-order valence-electron chi connectivity index (χ0n) is 76.5. The minimum absolute atomic E-state index is 0. The normalized spacial score (nSPS) is 11.4. The van der Waals surface area contributed by atoms with Gasteiger partial charge in [0.05, 0.1) is 82.2 Å². The maximum Gasteiger partial charge on any atom is 1.00 e. The minimum atomic E-state index is -5.30. The van der Waals surface area contributed by atoms with Crippen molar-refractivity contribution in [1.29, 1.82) is 0 Å². The molecule has 142 heavy (non-hydrogen) atoms. The number of anilines is 20. The Labute approximate surface area is 947 Å². The van der Waals surface area contributed by atoms with Gasteiger partial charge in [0, 0.05) is 97.9 Å². The van der Waals surface area contributed by atoms with Gasteiger partial charge in [0.1, 0.15) is 60.7 Å². The fraction of sp³-hybridized carbons (Fsp3) is 0.200. The molecule has 0 aliphatic rings. The molecule has 720 valence electrons. The Bertz CT molecular complexity index is 6600. The summed E-state index contributed by atoms with van der Waals surface area (Å²) in [6.07, 6.45) is 4.44. The molecule has 0 unspecified atom stereocenters. The van der Waals surface area contributed by atoms with E-state index >= 15 is 0 Å². The van der Waals surface area contributed by atoms with Gasteiger partial charge in [0.15, 0.2) is 0 Å². The van der Waals surface area contributed by atoms with Gasteiger partial charge in [-0.15, -0.1) is 0 Å². The topological polar surface area (TPSA) is 769 Å². The Morgan fingerprint density at radius 1 is 0.218 bits per heavy atom. The summed E-state index contributed by atoms with van der Waals surface area (Å²) in [4.78, 5) is 53.5. The van der Waals surface area contributed by atoms with Crippen molar-refractivity contribution in [2.75, 3.05) is 167 Å². The van der Waals surface area contributed by atoms with Crippen LogP contribution in [-0.4, -0.2) is 284 Å². The van der Waals surface area contributed by atoms with Gasteiger partial charge in [0.25, 0.3) is 0 Å². The standard InChI is InChI=1S/C40H44N12O16S4.C40H44N12O10S2.6Na/c53-19-15-51(16-20-54)39-47-35(41-27-7-11-31(12-8-27)69(57,58)59)45-37(49-39)43-29-5-3-25(33(23-29)71(63,64)65)1-2-26-4-6-30(24-34(26)72(66,67)68)44-38-46-36(48-40(50-38)52(17-21-55)18-22-56)42-28-9-13-32(14-10-28)70(60,61)62;53-21-17-51(18-22-54)39-47-35(41-29-7-3-1-4-8-29)45-37(49-39)43-31-15-13-27(33(25-31)63(57,58)59)11-12-28-14-16-32(26-34(28)64(60,61)62)44-38-46-36(42-30-9-5-2-6-10-30)48-40(50-38)52(19-23-55)20-24-56;;;;;;/h1-14,23-24,53-56H,15-22H2,(H,57,58,59)(H,60,61,62)(H,63,64,65)(H,66,67,68)(H2,41,43,45,47,49)(H2,42,44,46,48,50);1-16,25-26,53-56H,17-24H2,(H,57,58,59)(H,60,61,62)(H2,41,43,45,47,49)(H2,42,44,46,48,50);;;;;;/q;;6*+1/p-6. The SMILES string of the molecule is O=S(=O)([O-])c1cc(Nc2nc(Nc3ccccc3)nc(N(CCO)CCO)n2)ccc1C=Cc1ccc(Nc2nc(Nc3ccccc3)nc(N(CCO)CCO)n2)cc1S(=O)(=O)[O-].O=S(=O)([O-])c1ccc(Nc2nc(Nc3ccc(C=Cc4ccc(Nc5nc(Nc6ccc(S(=O)(=O)[O-])cc6)nc(N(CCO)CCO)n5)cc4S(=O)(=O)[O-])c(S(=O)(=O)[O-])c3)nc(N(CCO)CCO)n2)cc1.[Na+].[Na+].[Na+].[Na+].[Na+].[Na+]. The van der Waals surface area contributed by atoms with Gasteiger partial charge in [-0.05, 0) is 144 Å². The molecule has 0 spiro atoms. The van der Waals surface area contributed by atoms with Gasteiger partial charge in [-0.25, -0.2) is 50.5 Å². The van der Waals surface area contributed by atoms with E-state index in [0.29, 0.717) is 11.4 Å². The summed E-state index contributed by atoms with van der Waals surface area (Å²) in [7, 11) is -30.5. The number of benzene rings is 8. The Kier molecular flexibility index (Phi) is 50.8. The van der Waals surface area contributed by atoms with E-state index < -0.39 is 117 Å². The first kappa shape index (κ1) is 124. The Morgan fingerprint density at radius 3 is 0.542 bits per heavy atom. The van der Waals surface area contributed by atoms with Crippen LogP contribution in [0.3, 0.4) is 0 Å². The molecule has 12 aromatic rings. The summed E-state index contributed by atoms with van der Waals surface area (Å²) in [5.41, 5.74) is 0.814. The Hall–Kier alpha value is -7.98. The average molecular weight is 2130 g/mol. The first-order valence-electron chi connectivity index (χ1n) is 39.8. The van der Waals surface area contributed by atoms with Crippen LogP contribution in [0.25, 0.3) is 24.3 Å². The van der Waals surface area contributed by atoms with Gasteiger partial charge in [-0.2, -0.15) is 59.8 Å². The molecule has 0 bridgehead atoms. The van der Waals surface area contributed by atoms with Crippen molar-refractivity contribution in [2.24, 2.45) is 0 Å². The summed E-state index contributed by atoms with van der Waals surface area (Å²) in [5.74, 6) is -1.06. The molecule has 62 heteroatoms. The molecule has 0 radical (unpaired) electrons. The molecular formula is C80H82N24Na6O26S6. The molecule has 0 fully saturated rings. The minimum Gasteiger partial charge on any atom is -0.744 e. The summed E-state index contributed by atoms with van der Waals surface area (Å²) >= 11 is 0. The maximum absolute atomic E-state index is 12.6.